The summed E-state index contributed by atoms with van der Waals surface area (Å²) in [6.45, 7) is 2.00. The van der Waals surface area contributed by atoms with E-state index in [1.54, 1.807) is 0 Å². The topological polar surface area (TPSA) is 46.5 Å². The number of carbonyl (C=O) groups is 1. The lowest BCUT2D eigenvalue weighted by Gasteiger charge is -2.22. The van der Waals surface area contributed by atoms with Crippen molar-refractivity contribution >= 4 is 5.97 Å². The van der Waals surface area contributed by atoms with Crippen molar-refractivity contribution in [3.05, 3.63) is 11.6 Å². The Morgan fingerprint density at radius 1 is 1.69 bits per heavy atom. The normalized spacial score (nSPS) is 38.2. The number of hydrogen-bond donors (Lipinski definition) is 1. The smallest absolute Gasteiger partial charge is 0.310 e. The molecule has 1 aliphatic heterocycles. The van der Waals surface area contributed by atoms with Gasteiger partial charge in [0.2, 0.25) is 0 Å². The van der Waals surface area contributed by atoms with Crippen molar-refractivity contribution in [3.63, 3.8) is 0 Å². The molecule has 2 rings (SSSR count). The molecule has 0 bridgehead atoms. The summed E-state index contributed by atoms with van der Waals surface area (Å²) in [5, 5.41) is 8.99. The zero-order chi connectivity index (χ0) is 9.42. The van der Waals surface area contributed by atoms with Gasteiger partial charge in [0.05, 0.1) is 12.5 Å². The highest BCUT2D eigenvalue weighted by Crippen LogP contribution is 2.38. The Morgan fingerprint density at radius 2 is 2.46 bits per heavy atom. The van der Waals surface area contributed by atoms with Gasteiger partial charge in [-0.15, -0.1) is 0 Å². The summed E-state index contributed by atoms with van der Waals surface area (Å²) < 4.78 is 5.08. The van der Waals surface area contributed by atoms with Gasteiger partial charge >= 0.3 is 5.97 Å². The summed E-state index contributed by atoms with van der Waals surface area (Å²) in [6, 6.07) is 0. The molecule has 1 N–H and O–H groups in total. The first kappa shape index (κ1) is 8.75. The molecule has 1 fully saturated rings. The number of esters is 1. The second-order valence-electron chi connectivity index (χ2n) is 3.92. The van der Waals surface area contributed by atoms with E-state index in [9.17, 15) is 4.79 Å². The third-order valence-electron chi connectivity index (χ3n) is 3.02. The number of hydrogen-bond acceptors (Lipinski definition) is 3. The first-order valence-electron chi connectivity index (χ1n) is 4.69. The van der Waals surface area contributed by atoms with Crippen molar-refractivity contribution in [3.8, 4) is 0 Å². The van der Waals surface area contributed by atoms with Gasteiger partial charge in [0.1, 0.15) is 6.10 Å². The van der Waals surface area contributed by atoms with Crippen molar-refractivity contribution in [2.24, 2.45) is 11.8 Å². The van der Waals surface area contributed by atoms with Crippen LogP contribution in [0.1, 0.15) is 19.8 Å². The molecule has 3 heteroatoms. The minimum absolute atomic E-state index is 0.00199. The number of aliphatic hydroxyl groups is 1. The Morgan fingerprint density at radius 3 is 3.15 bits per heavy atom. The van der Waals surface area contributed by atoms with Gasteiger partial charge in [0, 0.05) is 5.92 Å². The molecule has 3 atom stereocenters. The molecule has 0 radical (unpaired) electrons. The molecule has 1 heterocycles. The Balaban J connectivity index is 2.18. The average molecular weight is 182 g/mol. The van der Waals surface area contributed by atoms with E-state index in [1.807, 2.05) is 6.92 Å². The Labute approximate surface area is 77.4 Å². The Bertz CT molecular complexity index is 257. The number of carbonyl (C=O) groups excluding carboxylic acids is 1. The molecule has 1 saturated heterocycles. The molecular weight excluding hydrogens is 168 g/mol. The van der Waals surface area contributed by atoms with Crippen LogP contribution >= 0.6 is 0 Å². The van der Waals surface area contributed by atoms with E-state index in [2.05, 4.69) is 6.08 Å². The van der Waals surface area contributed by atoms with Crippen LogP contribution in [0, 0.1) is 11.8 Å². The van der Waals surface area contributed by atoms with Crippen molar-refractivity contribution in [2.45, 2.75) is 25.9 Å². The third-order valence-corrected chi connectivity index (χ3v) is 3.02. The first-order chi connectivity index (χ1) is 6.22. The molecule has 1 aliphatic carbocycles. The van der Waals surface area contributed by atoms with Gasteiger partial charge in [-0.05, 0) is 19.8 Å². The van der Waals surface area contributed by atoms with Crippen molar-refractivity contribution in [1.29, 1.82) is 0 Å². The summed E-state index contributed by atoms with van der Waals surface area (Å²) in [5.74, 6) is 0.0832. The van der Waals surface area contributed by atoms with E-state index in [4.69, 9.17) is 9.84 Å². The standard InChI is InChI=1S/C10H14O3/c1-6-2-3-7-8(4-6)10(12)13-9(7)5-11/h2,7-9,11H,3-5H2,1H3. The summed E-state index contributed by atoms with van der Waals surface area (Å²) in [6.07, 6.45) is 3.56. The summed E-state index contributed by atoms with van der Waals surface area (Å²) in [4.78, 5) is 11.4. The second kappa shape index (κ2) is 3.14. The van der Waals surface area contributed by atoms with E-state index in [1.165, 1.54) is 5.57 Å². The maximum atomic E-state index is 11.4. The maximum absolute atomic E-state index is 11.4. The molecule has 2 aliphatic rings. The molecule has 0 amide bonds. The quantitative estimate of drug-likeness (QED) is 0.483. The third kappa shape index (κ3) is 1.37. The summed E-state index contributed by atoms with van der Waals surface area (Å²) >= 11 is 0. The van der Waals surface area contributed by atoms with Crippen LogP contribution in [0.2, 0.25) is 0 Å². The number of ether oxygens (including phenoxy) is 1. The monoisotopic (exact) mass is 182 g/mol. The Kier molecular flexibility index (Phi) is 2.12. The number of fused-ring (bicyclic) bond motifs is 1. The highest BCUT2D eigenvalue weighted by Gasteiger charge is 2.44. The average Bonchev–Trinajstić information content (AvgIpc) is 2.43. The molecule has 0 spiro atoms. The van der Waals surface area contributed by atoms with Crippen LogP contribution in [0.5, 0.6) is 0 Å². The fourth-order valence-corrected chi connectivity index (χ4v) is 2.25. The second-order valence-corrected chi connectivity index (χ2v) is 3.92. The van der Waals surface area contributed by atoms with Crippen LogP contribution in [0.4, 0.5) is 0 Å². The van der Waals surface area contributed by atoms with E-state index in [-0.39, 0.29) is 30.5 Å². The number of cyclic esters (lactones) is 1. The van der Waals surface area contributed by atoms with Crippen molar-refractivity contribution in [1.82, 2.24) is 0 Å². The van der Waals surface area contributed by atoms with Crippen molar-refractivity contribution in [2.75, 3.05) is 6.61 Å². The van der Waals surface area contributed by atoms with Crippen LogP contribution in [0.25, 0.3) is 0 Å². The lowest BCUT2D eigenvalue weighted by atomic mass is 9.79. The molecule has 0 aromatic rings. The van der Waals surface area contributed by atoms with E-state index in [0.717, 1.165) is 12.8 Å². The highest BCUT2D eigenvalue weighted by atomic mass is 16.6. The van der Waals surface area contributed by atoms with Crippen molar-refractivity contribution < 1.29 is 14.6 Å². The molecule has 3 unspecified atom stereocenters. The molecule has 0 aromatic carbocycles. The summed E-state index contributed by atoms with van der Waals surface area (Å²) in [7, 11) is 0. The minimum Gasteiger partial charge on any atom is -0.459 e. The van der Waals surface area contributed by atoms with Gasteiger partial charge in [0.25, 0.3) is 0 Å². The summed E-state index contributed by atoms with van der Waals surface area (Å²) in [5.41, 5.74) is 1.26. The van der Waals surface area contributed by atoms with E-state index >= 15 is 0 Å². The predicted molar refractivity (Wildman–Crippen MR) is 46.9 cm³/mol. The zero-order valence-electron chi connectivity index (χ0n) is 7.69. The maximum Gasteiger partial charge on any atom is 0.310 e. The van der Waals surface area contributed by atoms with Crippen LogP contribution in [0.15, 0.2) is 11.6 Å². The SMILES string of the molecule is CC1=CCC2C(CO)OC(=O)C2C1. The van der Waals surface area contributed by atoms with Crippen LogP contribution in [0.3, 0.4) is 0 Å². The molecule has 3 nitrogen and oxygen atoms in total. The number of aliphatic hydroxyl groups excluding tert-OH is 1. The minimum atomic E-state index is -0.262. The van der Waals surface area contributed by atoms with Gasteiger partial charge in [-0.25, -0.2) is 0 Å². The molecule has 72 valence electrons. The van der Waals surface area contributed by atoms with Gasteiger partial charge in [0.15, 0.2) is 0 Å². The van der Waals surface area contributed by atoms with Crippen LogP contribution in [-0.2, 0) is 9.53 Å². The molecule has 0 aromatic heterocycles. The van der Waals surface area contributed by atoms with Gasteiger partial charge in [-0.3, -0.25) is 4.79 Å². The fraction of sp³-hybridized carbons (Fsp3) is 0.700. The lowest BCUT2D eigenvalue weighted by Crippen LogP contribution is -2.25. The van der Waals surface area contributed by atoms with Gasteiger partial charge in [-0.2, -0.15) is 0 Å². The lowest BCUT2D eigenvalue weighted by molar-refractivity contribution is -0.145. The molecule has 13 heavy (non-hydrogen) atoms. The fourth-order valence-electron chi connectivity index (χ4n) is 2.25. The highest BCUT2D eigenvalue weighted by molar-refractivity contribution is 5.76. The van der Waals surface area contributed by atoms with E-state index in [0.29, 0.717) is 0 Å². The van der Waals surface area contributed by atoms with Gasteiger partial charge < -0.3 is 9.84 Å². The largest absolute Gasteiger partial charge is 0.459 e. The van der Waals surface area contributed by atoms with Crippen LogP contribution < -0.4 is 0 Å². The predicted octanol–water partition coefficient (Wildman–Crippen LogP) is 0.877. The molecule has 0 saturated carbocycles. The van der Waals surface area contributed by atoms with Crippen LogP contribution in [-0.4, -0.2) is 23.8 Å². The van der Waals surface area contributed by atoms with E-state index < -0.39 is 0 Å². The molecular formula is C10H14O3. The Hall–Kier alpha value is -0.830. The number of rotatable bonds is 1. The van der Waals surface area contributed by atoms with Gasteiger partial charge in [-0.1, -0.05) is 11.6 Å². The zero-order valence-corrected chi connectivity index (χ0v) is 7.69. The number of allylic oxidation sites excluding steroid dienone is 2. The first-order valence-corrected chi connectivity index (χ1v) is 4.69.